The average Bonchev–Trinajstić information content (AvgIpc) is 3.23. The summed E-state index contributed by atoms with van der Waals surface area (Å²) in [5, 5.41) is 6.18. The van der Waals surface area contributed by atoms with Gasteiger partial charge in [-0.1, -0.05) is 0 Å². The Morgan fingerprint density at radius 2 is 1.86 bits per heavy atom. The summed E-state index contributed by atoms with van der Waals surface area (Å²) in [5.74, 6) is -0.108. The van der Waals surface area contributed by atoms with E-state index in [1.165, 1.54) is 6.07 Å². The number of alkyl carbamates (subject to hydrolysis) is 1. The molecule has 36 heavy (non-hydrogen) atoms. The minimum absolute atomic E-state index is 0.0519. The van der Waals surface area contributed by atoms with Crippen LogP contribution in [0, 0.1) is 17.6 Å². The van der Waals surface area contributed by atoms with Crippen molar-refractivity contribution in [2.45, 2.75) is 64.2 Å². The van der Waals surface area contributed by atoms with Gasteiger partial charge in [-0.2, -0.15) is 0 Å². The highest BCUT2D eigenvalue weighted by molar-refractivity contribution is 5.68. The van der Waals surface area contributed by atoms with Crippen LogP contribution in [0.25, 0.3) is 0 Å². The predicted molar refractivity (Wildman–Crippen MR) is 132 cm³/mol. The third-order valence-electron chi connectivity index (χ3n) is 6.65. The summed E-state index contributed by atoms with van der Waals surface area (Å²) in [6.45, 7) is 9.96. The van der Waals surface area contributed by atoms with E-state index in [1.54, 1.807) is 33.2 Å². The number of carbonyl (C=O) groups is 1. The van der Waals surface area contributed by atoms with E-state index in [9.17, 15) is 13.6 Å². The predicted octanol–water partition coefficient (Wildman–Crippen LogP) is 4.02. The summed E-state index contributed by atoms with van der Waals surface area (Å²) in [6.07, 6.45) is 4.83. The van der Waals surface area contributed by atoms with Crippen molar-refractivity contribution >= 4 is 12.0 Å². The molecule has 2 saturated heterocycles. The van der Waals surface area contributed by atoms with Crippen molar-refractivity contribution in [3.8, 4) is 5.75 Å². The quantitative estimate of drug-likeness (QED) is 0.616. The minimum atomic E-state index is -0.688. The number of carbonyl (C=O) groups excluding carboxylic acids is 1. The van der Waals surface area contributed by atoms with Crippen LogP contribution in [0.5, 0.6) is 5.75 Å². The minimum Gasteiger partial charge on any atom is -0.487 e. The second-order valence-electron chi connectivity index (χ2n) is 10.6. The summed E-state index contributed by atoms with van der Waals surface area (Å²) in [6, 6.07) is 2.82. The molecular formula is C26H35F2N5O3. The largest absolute Gasteiger partial charge is 0.487 e. The van der Waals surface area contributed by atoms with Crippen LogP contribution in [-0.4, -0.2) is 60.0 Å². The van der Waals surface area contributed by atoms with Gasteiger partial charge in [0.05, 0.1) is 24.5 Å². The lowest BCUT2D eigenvalue weighted by molar-refractivity contribution is 0.0504. The second-order valence-corrected chi connectivity index (χ2v) is 10.6. The van der Waals surface area contributed by atoms with Crippen molar-refractivity contribution in [2.24, 2.45) is 5.92 Å². The van der Waals surface area contributed by atoms with Gasteiger partial charge in [-0.25, -0.2) is 23.5 Å². The maximum Gasteiger partial charge on any atom is 0.407 e. The van der Waals surface area contributed by atoms with Crippen LogP contribution < -0.4 is 20.3 Å². The van der Waals surface area contributed by atoms with Gasteiger partial charge in [0.2, 0.25) is 5.95 Å². The van der Waals surface area contributed by atoms with Crippen molar-refractivity contribution in [2.75, 3.05) is 31.1 Å². The van der Waals surface area contributed by atoms with Crippen molar-refractivity contribution < 1.29 is 23.0 Å². The fourth-order valence-corrected chi connectivity index (χ4v) is 4.84. The number of nitrogens with zero attached hydrogens (tertiary/aromatic N) is 3. The van der Waals surface area contributed by atoms with Gasteiger partial charge in [0, 0.05) is 19.0 Å². The highest BCUT2D eigenvalue weighted by Gasteiger charge is 2.38. The molecule has 2 N–H and O–H groups in total. The molecule has 0 aliphatic carbocycles. The highest BCUT2D eigenvalue weighted by atomic mass is 19.1. The fourth-order valence-electron chi connectivity index (χ4n) is 4.84. The summed E-state index contributed by atoms with van der Waals surface area (Å²) in [7, 11) is 0. The lowest BCUT2D eigenvalue weighted by atomic mass is 9.93. The second kappa shape index (κ2) is 10.9. The number of nitrogens with one attached hydrogen (secondary N) is 2. The van der Waals surface area contributed by atoms with E-state index in [-0.39, 0.29) is 11.7 Å². The molecule has 196 valence electrons. The standard InChI is InChI=1S/C26H35F2N5O3/c1-16(17-7-9-29-10-8-17)35-19-12-30-24(31-13-19)33-14-21(20-11-18(27)5-6-22(20)28)23(15-33)32-25(34)36-26(2,3)4/h5-6,11-13,16-17,21,23,29H,7-10,14-15H2,1-4H3,(H,32,34). The molecule has 0 saturated carbocycles. The molecular weight excluding hydrogens is 468 g/mol. The third-order valence-corrected chi connectivity index (χ3v) is 6.65. The van der Waals surface area contributed by atoms with Crippen molar-refractivity contribution in [3.63, 3.8) is 0 Å². The Balaban J connectivity index is 1.48. The molecule has 1 aromatic heterocycles. The zero-order chi connectivity index (χ0) is 25.9. The smallest absolute Gasteiger partial charge is 0.407 e. The van der Waals surface area contributed by atoms with Gasteiger partial charge in [-0.3, -0.25) is 0 Å². The van der Waals surface area contributed by atoms with Crippen LogP contribution in [0.3, 0.4) is 0 Å². The van der Waals surface area contributed by atoms with E-state index < -0.39 is 35.3 Å². The Bertz CT molecular complexity index is 1040. The van der Waals surface area contributed by atoms with Gasteiger partial charge in [-0.15, -0.1) is 0 Å². The lowest BCUT2D eigenvalue weighted by Crippen LogP contribution is -2.43. The number of ether oxygens (including phenoxy) is 2. The first-order valence-corrected chi connectivity index (χ1v) is 12.5. The first kappa shape index (κ1) is 26.1. The topological polar surface area (TPSA) is 88.6 Å². The number of hydrogen-bond acceptors (Lipinski definition) is 7. The molecule has 3 atom stereocenters. The highest BCUT2D eigenvalue weighted by Crippen LogP contribution is 2.32. The summed E-state index contributed by atoms with van der Waals surface area (Å²) in [5.41, 5.74) is -0.499. The first-order chi connectivity index (χ1) is 17.1. The molecule has 2 aliphatic heterocycles. The average molecular weight is 504 g/mol. The molecule has 10 heteroatoms. The molecule has 3 unspecified atom stereocenters. The maximum atomic E-state index is 14.7. The van der Waals surface area contributed by atoms with E-state index in [0.29, 0.717) is 30.7 Å². The van der Waals surface area contributed by atoms with E-state index in [4.69, 9.17) is 9.47 Å². The molecule has 2 aromatic rings. The summed E-state index contributed by atoms with van der Waals surface area (Å²) < 4.78 is 40.1. The third kappa shape index (κ3) is 6.60. The monoisotopic (exact) mass is 503 g/mol. The molecule has 0 radical (unpaired) electrons. The Hall–Kier alpha value is -3.01. The molecule has 4 rings (SSSR count). The molecule has 0 bridgehead atoms. The molecule has 0 spiro atoms. The van der Waals surface area contributed by atoms with Crippen molar-refractivity contribution in [1.82, 2.24) is 20.6 Å². The number of anilines is 1. The van der Waals surface area contributed by atoms with E-state index in [1.807, 2.05) is 4.90 Å². The van der Waals surface area contributed by atoms with Gasteiger partial charge in [0.15, 0.2) is 5.75 Å². The Morgan fingerprint density at radius 1 is 1.17 bits per heavy atom. The van der Waals surface area contributed by atoms with Gasteiger partial charge in [0.25, 0.3) is 0 Å². The Morgan fingerprint density at radius 3 is 2.53 bits per heavy atom. The fraction of sp³-hybridized carbons (Fsp3) is 0.577. The molecule has 3 heterocycles. The van der Waals surface area contributed by atoms with Crippen molar-refractivity contribution in [1.29, 1.82) is 0 Å². The number of hydrogen-bond donors (Lipinski definition) is 2. The normalized spacial score (nSPS) is 21.8. The van der Waals surface area contributed by atoms with Gasteiger partial charge >= 0.3 is 6.09 Å². The van der Waals surface area contributed by atoms with Gasteiger partial charge < -0.3 is 25.0 Å². The molecule has 8 nitrogen and oxygen atoms in total. The number of rotatable bonds is 6. The van der Waals surface area contributed by atoms with E-state index in [0.717, 1.165) is 38.1 Å². The van der Waals surface area contributed by atoms with Gasteiger partial charge in [0.1, 0.15) is 17.2 Å². The van der Waals surface area contributed by atoms with Gasteiger partial charge in [-0.05, 0) is 83.3 Å². The van der Waals surface area contributed by atoms with Crippen molar-refractivity contribution in [3.05, 3.63) is 47.8 Å². The summed E-state index contributed by atoms with van der Waals surface area (Å²) in [4.78, 5) is 23.3. The summed E-state index contributed by atoms with van der Waals surface area (Å²) >= 11 is 0. The first-order valence-electron chi connectivity index (χ1n) is 12.5. The maximum absolute atomic E-state index is 14.7. The van der Waals surface area contributed by atoms with Crippen LogP contribution in [-0.2, 0) is 4.74 Å². The van der Waals surface area contributed by atoms with Crippen LogP contribution in [0.1, 0.15) is 52.0 Å². The zero-order valence-corrected chi connectivity index (χ0v) is 21.3. The van der Waals surface area contributed by atoms with E-state index >= 15 is 0 Å². The zero-order valence-electron chi connectivity index (χ0n) is 21.3. The van der Waals surface area contributed by atoms with E-state index in [2.05, 4.69) is 27.5 Å². The number of benzene rings is 1. The van der Waals surface area contributed by atoms with Crippen LogP contribution in [0.15, 0.2) is 30.6 Å². The van der Waals surface area contributed by atoms with Crippen LogP contribution in [0.2, 0.25) is 0 Å². The Kier molecular flexibility index (Phi) is 7.92. The number of aromatic nitrogens is 2. The molecule has 1 aromatic carbocycles. The lowest BCUT2D eigenvalue weighted by Gasteiger charge is -2.28. The Labute approximate surface area is 210 Å². The number of amides is 1. The van der Waals surface area contributed by atoms with Crippen LogP contribution in [0.4, 0.5) is 19.5 Å². The number of piperidine rings is 1. The number of halogens is 2. The molecule has 1 amide bonds. The van der Waals surface area contributed by atoms with Crippen LogP contribution >= 0.6 is 0 Å². The SMILES string of the molecule is CC(Oc1cnc(N2CC(NC(=O)OC(C)(C)C)C(c3cc(F)ccc3F)C2)nc1)C1CCNCC1. The molecule has 2 fully saturated rings. The molecule has 2 aliphatic rings.